The number of thiophene rings is 1. The third-order valence-electron chi connectivity index (χ3n) is 12.3. The van der Waals surface area contributed by atoms with E-state index in [1.807, 2.05) is 29.5 Å². The first-order valence-corrected chi connectivity index (χ1v) is 21.6. The van der Waals surface area contributed by atoms with Gasteiger partial charge >= 0.3 is 0 Å². The van der Waals surface area contributed by atoms with E-state index in [9.17, 15) is 0 Å². The molecule has 62 heavy (non-hydrogen) atoms. The predicted octanol–water partition coefficient (Wildman–Crippen LogP) is 15.9. The Balaban J connectivity index is 1.04. The van der Waals surface area contributed by atoms with Gasteiger partial charge in [0.15, 0.2) is 17.5 Å². The van der Waals surface area contributed by atoms with Crippen molar-refractivity contribution in [1.82, 2.24) is 15.0 Å². The van der Waals surface area contributed by atoms with Crippen LogP contribution in [0.15, 0.2) is 205 Å². The molecule has 0 spiro atoms. The summed E-state index contributed by atoms with van der Waals surface area (Å²) in [7, 11) is 0. The van der Waals surface area contributed by atoms with E-state index in [4.69, 9.17) is 19.4 Å². The van der Waals surface area contributed by atoms with Gasteiger partial charge in [0.2, 0.25) is 0 Å². The molecule has 0 saturated heterocycles. The lowest BCUT2D eigenvalue weighted by atomic mass is 9.91. The number of furan rings is 1. The van der Waals surface area contributed by atoms with E-state index in [1.54, 1.807) is 0 Å². The number of benzene rings is 10. The minimum atomic E-state index is 0.634. The van der Waals surface area contributed by atoms with Crippen molar-refractivity contribution in [3.05, 3.63) is 200 Å². The lowest BCUT2D eigenvalue weighted by molar-refractivity contribution is 0.669. The van der Waals surface area contributed by atoms with Crippen molar-refractivity contribution >= 4 is 85.8 Å². The first kappa shape index (κ1) is 34.8. The molecule has 288 valence electrons. The highest BCUT2D eigenvalue weighted by Gasteiger charge is 2.20. The van der Waals surface area contributed by atoms with Crippen molar-refractivity contribution in [2.75, 3.05) is 0 Å². The van der Waals surface area contributed by atoms with Crippen LogP contribution in [0.25, 0.3) is 131 Å². The average molecular weight is 808 g/mol. The molecule has 4 nitrogen and oxygen atoms in total. The molecule has 3 heterocycles. The molecule has 0 aliphatic carbocycles. The van der Waals surface area contributed by atoms with Gasteiger partial charge < -0.3 is 4.42 Å². The molecular weight excluding hydrogens is 775 g/mol. The third-order valence-corrected chi connectivity index (χ3v) is 13.4. The fraction of sp³-hybridized carbons (Fsp3) is 0. The molecule has 0 atom stereocenters. The minimum absolute atomic E-state index is 0.634. The van der Waals surface area contributed by atoms with Gasteiger partial charge in [0.1, 0.15) is 11.2 Å². The molecule has 13 aromatic rings. The molecule has 5 heteroatoms. The number of fused-ring (bicyclic) bond motifs is 9. The molecule has 0 radical (unpaired) electrons. The molecule has 0 N–H and O–H groups in total. The van der Waals surface area contributed by atoms with Crippen molar-refractivity contribution in [2.24, 2.45) is 0 Å². The van der Waals surface area contributed by atoms with Crippen molar-refractivity contribution in [3.8, 4) is 56.4 Å². The van der Waals surface area contributed by atoms with Crippen LogP contribution in [0.2, 0.25) is 0 Å². The van der Waals surface area contributed by atoms with E-state index in [0.717, 1.165) is 82.4 Å². The normalized spacial score (nSPS) is 11.9. The van der Waals surface area contributed by atoms with Crippen LogP contribution in [0.3, 0.4) is 0 Å². The topological polar surface area (TPSA) is 51.8 Å². The van der Waals surface area contributed by atoms with Crippen LogP contribution in [0.4, 0.5) is 0 Å². The maximum Gasteiger partial charge on any atom is 0.164 e. The van der Waals surface area contributed by atoms with E-state index in [-0.39, 0.29) is 0 Å². The van der Waals surface area contributed by atoms with Gasteiger partial charge in [-0.2, -0.15) is 0 Å². The summed E-state index contributed by atoms with van der Waals surface area (Å²) in [6, 6.07) is 71.1. The molecule has 0 aliphatic heterocycles. The first-order valence-electron chi connectivity index (χ1n) is 20.8. The SMILES string of the molecule is c1ccc(-c2nc(-c3ccc4sc5cccc(-c6cc(-c7ccc8ccccc8c7)c7c(c6)oc6cc8ccccc8cc67)c5c4c3)nc(-c3cccc4ccccc34)n2)cc1. The largest absolute Gasteiger partial charge is 0.456 e. The monoisotopic (exact) mass is 807 g/mol. The lowest BCUT2D eigenvalue weighted by Crippen LogP contribution is -2.00. The van der Waals surface area contributed by atoms with E-state index < -0.39 is 0 Å². The molecule has 0 amide bonds. The second-order valence-corrected chi connectivity index (χ2v) is 17.0. The van der Waals surface area contributed by atoms with Crippen molar-refractivity contribution in [2.45, 2.75) is 0 Å². The van der Waals surface area contributed by atoms with Gasteiger partial charge in [-0.15, -0.1) is 11.3 Å². The van der Waals surface area contributed by atoms with Crippen LogP contribution in [-0.4, -0.2) is 15.0 Å². The van der Waals surface area contributed by atoms with Gasteiger partial charge in [-0.25, -0.2) is 15.0 Å². The molecule has 10 aromatic carbocycles. The quantitative estimate of drug-likeness (QED) is 0.174. The zero-order chi connectivity index (χ0) is 40.7. The van der Waals surface area contributed by atoms with Gasteiger partial charge in [-0.1, -0.05) is 146 Å². The fourth-order valence-electron chi connectivity index (χ4n) is 9.30. The lowest BCUT2D eigenvalue weighted by Gasteiger charge is -2.12. The summed E-state index contributed by atoms with van der Waals surface area (Å²) in [6.45, 7) is 0. The fourth-order valence-corrected chi connectivity index (χ4v) is 10.4. The standard InChI is InChI=1S/C57H33N3OS/c1-2-14-36(15-3-1)55-58-56(60-57(59-55)45-22-10-19-35-13-8-9-20-43(35)45)41-26-27-51-48(30-41)54-44(21-11-23-52(54)62-51)42-31-46(40-25-24-34-12-4-5-16-37(34)28-40)53-47-29-38-17-6-7-18-39(38)32-49(47)61-50(53)33-42/h1-33H. The highest BCUT2D eigenvalue weighted by atomic mass is 32.1. The number of hydrogen-bond acceptors (Lipinski definition) is 5. The molecule has 0 saturated carbocycles. The molecule has 0 bridgehead atoms. The van der Waals surface area contributed by atoms with E-state index >= 15 is 0 Å². The Morgan fingerprint density at radius 1 is 0.306 bits per heavy atom. The summed E-state index contributed by atoms with van der Waals surface area (Å²) in [5.74, 6) is 1.92. The van der Waals surface area contributed by atoms with Crippen molar-refractivity contribution < 1.29 is 4.42 Å². The van der Waals surface area contributed by atoms with Gasteiger partial charge in [0.05, 0.1) is 0 Å². The highest BCUT2D eigenvalue weighted by Crippen LogP contribution is 2.46. The van der Waals surface area contributed by atoms with Gasteiger partial charge in [-0.05, 0) is 109 Å². The summed E-state index contributed by atoms with van der Waals surface area (Å²) in [5.41, 5.74) is 9.16. The smallest absolute Gasteiger partial charge is 0.164 e. The van der Waals surface area contributed by atoms with Crippen LogP contribution in [0.1, 0.15) is 0 Å². The van der Waals surface area contributed by atoms with Crippen LogP contribution < -0.4 is 0 Å². The summed E-state index contributed by atoms with van der Waals surface area (Å²) < 4.78 is 9.25. The zero-order valence-corrected chi connectivity index (χ0v) is 34.0. The van der Waals surface area contributed by atoms with E-state index in [2.05, 4.69) is 182 Å². The Hall–Kier alpha value is -7.99. The number of rotatable bonds is 5. The number of hydrogen-bond donors (Lipinski definition) is 0. The van der Waals surface area contributed by atoms with Crippen molar-refractivity contribution in [1.29, 1.82) is 0 Å². The molecular formula is C57H33N3OS. The van der Waals surface area contributed by atoms with Gasteiger partial charge in [0, 0.05) is 47.6 Å². The Morgan fingerprint density at radius 2 is 0.968 bits per heavy atom. The molecule has 13 rings (SSSR count). The molecule has 3 aromatic heterocycles. The molecule has 0 fully saturated rings. The van der Waals surface area contributed by atoms with Crippen LogP contribution in [0.5, 0.6) is 0 Å². The Labute approximate surface area is 360 Å². The predicted molar refractivity (Wildman–Crippen MR) is 260 cm³/mol. The van der Waals surface area contributed by atoms with E-state index in [1.165, 1.54) is 30.9 Å². The third kappa shape index (κ3) is 5.63. The van der Waals surface area contributed by atoms with Crippen LogP contribution in [0, 0.1) is 0 Å². The molecule has 0 aliphatic rings. The van der Waals surface area contributed by atoms with Gasteiger partial charge in [0.25, 0.3) is 0 Å². The summed E-state index contributed by atoms with van der Waals surface area (Å²) >= 11 is 1.81. The van der Waals surface area contributed by atoms with E-state index in [0.29, 0.717) is 17.5 Å². The Bertz CT molecular complexity index is 3940. The second kappa shape index (κ2) is 13.8. The van der Waals surface area contributed by atoms with Crippen molar-refractivity contribution in [3.63, 3.8) is 0 Å². The second-order valence-electron chi connectivity index (χ2n) is 15.9. The number of aromatic nitrogens is 3. The Kier molecular flexibility index (Phi) is 7.74. The summed E-state index contributed by atoms with van der Waals surface area (Å²) in [5, 5.41) is 11.6. The maximum absolute atomic E-state index is 6.83. The Morgan fingerprint density at radius 3 is 1.82 bits per heavy atom. The minimum Gasteiger partial charge on any atom is -0.456 e. The average Bonchev–Trinajstić information content (AvgIpc) is 3.90. The summed E-state index contributed by atoms with van der Waals surface area (Å²) in [4.78, 5) is 15.4. The van der Waals surface area contributed by atoms with Gasteiger partial charge in [-0.3, -0.25) is 0 Å². The maximum atomic E-state index is 6.83. The first-order chi connectivity index (χ1) is 30.7. The molecule has 0 unspecified atom stereocenters. The summed E-state index contributed by atoms with van der Waals surface area (Å²) in [6.07, 6.45) is 0. The van der Waals surface area contributed by atoms with Crippen LogP contribution in [-0.2, 0) is 0 Å². The zero-order valence-electron chi connectivity index (χ0n) is 33.2. The highest BCUT2D eigenvalue weighted by molar-refractivity contribution is 7.26. The van der Waals surface area contributed by atoms with Crippen LogP contribution >= 0.6 is 11.3 Å². The number of nitrogens with zero attached hydrogens (tertiary/aromatic N) is 3.